The minimum absolute atomic E-state index is 0.178. The Morgan fingerprint density at radius 2 is 1.72 bits per heavy atom. The fraction of sp³-hybridized carbons (Fsp3) is 0.261. The Kier molecular flexibility index (Phi) is 6.90. The van der Waals surface area contributed by atoms with Crippen LogP contribution in [0.4, 0.5) is 5.69 Å². The van der Waals surface area contributed by atoms with Gasteiger partial charge < -0.3 is 9.84 Å². The van der Waals surface area contributed by atoms with E-state index in [2.05, 4.69) is 20.2 Å². The Hall–Kier alpha value is -3.30. The van der Waals surface area contributed by atoms with Gasteiger partial charge in [-0.2, -0.15) is 4.98 Å². The van der Waals surface area contributed by atoms with Gasteiger partial charge in [-0.05, 0) is 48.0 Å². The molecule has 3 rings (SSSR count). The largest absolute Gasteiger partial charge is 0.338 e. The van der Waals surface area contributed by atoms with Crippen LogP contribution in [0.3, 0.4) is 0 Å². The third-order valence-electron chi connectivity index (χ3n) is 4.43. The lowest BCUT2D eigenvalue weighted by Gasteiger charge is -2.10. The average Bonchev–Trinajstić information content (AvgIpc) is 3.24. The molecule has 0 atom stereocenters. The van der Waals surface area contributed by atoms with Gasteiger partial charge >= 0.3 is 0 Å². The minimum Gasteiger partial charge on any atom is -0.338 e. The SMILES string of the molecule is CCNS(=O)(=O)c1ccc(/C=C/C(=O)Nc2ccc(-c3noc(C(C)(C)C)n3)cc2)cc1. The Bertz CT molecular complexity index is 1210. The first-order chi connectivity index (χ1) is 15.1. The molecule has 0 radical (unpaired) electrons. The highest BCUT2D eigenvalue weighted by Crippen LogP contribution is 2.24. The first-order valence-electron chi connectivity index (χ1n) is 10.1. The Morgan fingerprint density at radius 1 is 1.06 bits per heavy atom. The third kappa shape index (κ3) is 5.89. The number of anilines is 1. The normalized spacial score (nSPS) is 12.2. The van der Waals surface area contributed by atoms with E-state index in [9.17, 15) is 13.2 Å². The smallest absolute Gasteiger partial charge is 0.248 e. The zero-order valence-electron chi connectivity index (χ0n) is 18.4. The molecule has 1 amide bonds. The van der Waals surface area contributed by atoms with Crippen molar-refractivity contribution in [3.8, 4) is 11.4 Å². The van der Waals surface area contributed by atoms with Gasteiger partial charge in [-0.3, -0.25) is 4.79 Å². The Labute approximate surface area is 187 Å². The van der Waals surface area contributed by atoms with Gasteiger partial charge in [-0.25, -0.2) is 13.1 Å². The first kappa shape index (κ1) is 23.4. The van der Waals surface area contributed by atoms with Crippen molar-refractivity contribution in [3.05, 3.63) is 66.1 Å². The maximum Gasteiger partial charge on any atom is 0.248 e. The molecule has 0 bridgehead atoms. The van der Waals surface area contributed by atoms with Gasteiger partial charge in [0.25, 0.3) is 0 Å². The van der Waals surface area contributed by atoms with Crippen molar-refractivity contribution >= 4 is 27.7 Å². The number of benzene rings is 2. The van der Waals surface area contributed by atoms with Gasteiger partial charge in [0, 0.05) is 29.3 Å². The molecule has 32 heavy (non-hydrogen) atoms. The molecule has 0 aliphatic heterocycles. The number of nitrogens with zero attached hydrogens (tertiary/aromatic N) is 2. The molecule has 9 heteroatoms. The second-order valence-corrected chi connectivity index (χ2v) is 9.91. The van der Waals surface area contributed by atoms with Crippen LogP contribution in [0.1, 0.15) is 39.1 Å². The van der Waals surface area contributed by atoms with Crippen LogP contribution in [0.25, 0.3) is 17.5 Å². The Balaban J connectivity index is 1.61. The summed E-state index contributed by atoms with van der Waals surface area (Å²) in [4.78, 5) is 16.8. The third-order valence-corrected chi connectivity index (χ3v) is 5.99. The van der Waals surface area contributed by atoms with E-state index in [1.54, 1.807) is 49.4 Å². The highest BCUT2D eigenvalue weighted by molar-refractivity contribution is 7.89. The maximum absolute atomic E-state index is 12.2. The molecular weight excluding hydrogens is 428 g/mol. The number of carbonyl (C=O) groups excluding carboxylic acids is 1. The summed E-state index contributed by atoms with van der Waals surface area (Å²) < 4.78 is 31.7. The summed E-state index contributed by atoms with van der Waals surface area (Å²) in [7, 11) is -3.50. The number of aromatic nitrogens is 2. The monoisotopic (exact) mass is 454 g/mol. The van der Waals surface area contributed by atoms with Crippen molar-refractivity contribution in [2.75, 3.05) is 11.9 Å². The summed E-state index contributed by atoms with van der Waals surface area (Å²) >= 11 is 0. The number of hydrogen-bond donors (Lipinski definition) is 2. The number of carbonyl (C=O) groups is 1. The standard InChI is InChI=1S/C23H26N4O4S/c1-5-24-32(29,30)19-13-6-16(7-14-19)8-15-20(28)25-18-11-9-17(10-12-18)21-26-22(31-27-21)23(2,3)4/h6-15,24H,5H2,1-4H3,(H,25,28)/b15-8+. The van der Waals surface area contributed by atoms with E-state index in [0.29, 0.717) is 29.5 Å². The summed E-state index contributed by atoms with van der Waals surface area (Å²) in [5, 5.41) is 6.79. The molecule has 2 N–H and O–H groups in total. The van der Waals surface area contributed by atoms with Crippen molar-refractivity contribution in [2.45, 2.75) is 38.0 Å². The number of hydrogen-bond acceptors (Lipinski definition) is 6. The van der Waals surface area contributed by atoms with Crippen LogP contribution in [-0.2, 0) is 20.2 Å². The van der Waals surface area contributed by atoms with Gasteiger partial charge in [-0.15, -0.1) is 0 Å². The number of nitrogens with one attached hydrogen (secondary N) is 2. The first-order valence-corrected chi connectivity index (χ1v) is 11.6. The second-order valence-electron chi connectivity index (χ2n) is 8.14. The van der Waals surface area contributed by atoms with Crippen molar-refractivity contribution in [1.82, 2.24) is 14.9 Å². The summed E-state index contributed by atoms with van der Waals surface area (Å²) in [6, 6.07) is 13.4. The molecule has 8 nitrogen and oxygen atoms in total. The molecule has 0 aliphatic rings. The summed E-state index contributed by atoms with van der Waals surface area (Å²) in [6.45, 7) is 8.02. The molecule has 0 aliphatic carbocycles. The highest BCUT2D eigenvalue weighted by Gasteiger charge is 2.22. The quantitative estimate of drug-likeness (QED) is 0.522. The number of amides is 1. The predicted octanol–water partition coefficient (Wildman–Crippen LogP) is 3.98. The van der Waals surface area contributed by atoms with E-state index in [1.165, 1.54) is 18.2 Å². The molecule has 0 saturated carbocycles. The highest BCUT2D eigenvalue weighted by atomic mass is 32.2. The van der Waals surface area contributed by atoms with E-state index in [0.717, 1.165) is 5.56 Å². The lowest BCUT2D eigenvalue weighted by atomic mass is 9.97. The zero-order chi connectivity index (χ0) is 23.4. The van der Waals surface area contributed by atoms with Crippen molar-refractivity contribution in [2.24, 2.45) is 0 Å². The molecule has 2 aromatic carbocycles. The molecular formula is C23H26N4O4S. The van der Waals surface area contributed by atoms with Gasteiger partial charge in [-0.1, -0.05) is 45.0 Å². The molecule has 3 aromatic rings. The Morgan fingerprint density at radius 3 is 2.28 bits per heavy atom. The minimum atomic E-state index is -3.50. The number of sulfonamides is 1. The van der Waals surface area contributed by atoms with Crippen molar-refractivity contribution in [1.29, 1.82) is 0 Å². The molecule has 0 spiro atoms. The average molecular weight is 455 g/mol. The second kappa shape index (κ2) is 9.46. The lowest BCUT2D eigenvalue weighted by molar-refractivity contribution is -0.111. The topological polar surface area (TPSA) is 114 Å². The molecule has 0 unspecified atom stereocenters. The van der Waals surface area contributed by atoms with E-state index < -0.39 is 10.0 Å². The fourth-order valence-electron chi connectivity index (χ4n) is 2.74. The van der Waals surface area contributed by atoms with Crippen LogP contribution < -0.4 is 10.0 Å². The van der Waals surface area contributed by atoms with Gasteiger partial charge in [0.1, 0.15) is 0 Å². The van der Waals surface area contributed by atoms with Crippen LogP contribution in [-0.4, -0.2) is 31.0 Å². The summed E-state index contributed by atoms with van der Waals surface area (Å²) in [6.07, 6.45) is 3.00. The molecule has 0 fully saturated rings. The van der Waals surface area contributed by atoms with E-state index in [4.69, 9.17) is 4.52 Å². The molecule has 1 aromatic heterocycles. The van der Waals surface area contributed by atoms with Crippen LogP contribution in [0.15, 0.2) is 64.0 Å². The predicted molar refractivity (Wildman–Crippen MR) is 123 cm³/mol. The van der Waals surface area contributed by atoms with Crippen LogP contribution in [0.5, 0.6) is 0 Å². The van der Waals surface area contributed by atoms with E-state index in [-0.39, 0.29) is 16.2 Å². The van der Waals surface area contributed by atoms with Crippen molar-refractivity contribution < 1.29 is 17.7 Å². The molecule has 1 heterocycles. The van der Waals surface area contributed by atoms with Crippen LogP contribution in [0.2, 0.25) is 0 Å². The van der Waals surface area contributed by atoms with Gasteiger partial charge in [0.2, 0.25) is 27.6 Å². The van der Waals surface area contributed by atoms with Crippen molar-refractivity contribution in [3.63, 3.8) is 0 Å². The van der Waals surface area contributed by atoms with E-state index >= 15 is 0 Å². The fourth-order valence-corrected chi connectivity index (χ4v) is 3.78. The maximum atomic E-state index is 12.2. The summed E-state index contributed by atoms with van der Waals surface area (Å²) in [5.74, 6) is 0.742. The summed E-state index contributed by atoms with van der Waals surface area (Å²) in [5.41, 5.74) is 1.88. The van der Waals surface area contributed by atoms with Gasteiger partial charge in [0.05, 0.1) is 4.90 Å². The van der Waals surface area contributed by atoms with Crippen LogP contribution >= 0.6 is 0 Å². The lowest BCUT2D eigenvalue weighted by Crippen LogP contribution is -2.22. The van der Waals surface area contributed by atoms with E-state index in [1.807, 2.05) is 20.8 Å². The van der Waals surface area contributed by atoms with Gasteiger partial charge in [0.15, 0.2) is 0 Å². The van der Waals surface area contributed by atoms with Crippen LogP contribution in [0, 0.1) is 0 Å². The zero-order valence-corrected chi connectivity index (χ0v) is 19.2. The number of rotatable bonds is 7. The molecule has 168 valence electrons. The molecule has 0 saturated heterocycles.